The van der Waals surface area contributed by atoms with E-state index in [1.54, 1.807) is 0 Å². The third kappa shape index (κ3) is 3.01. The molecule has 1 heteroatoms. The maximum Gasteiger partial charge on any atom is 0.0838 e. The normalized spacial score (nSPS) is 44.1. The zero-order valence-electron chi connectivity index (χ0n) is 13.2. The Kier molecular flexibility index (Phi) is 3.95. The lowest BCUT2D eigenvalue weighted by Crippen LogP contribution is -2.37. The van der Waals surface area contributed by atoms with Crippen LogP contribution in [0.3, 0.4) is 0 Å². The van der Waals surface area contributed by atoms with Gasteiger partial charge in [0.15, 0.2) is 0 Å². The molecule has 1 heterocycles. The maximum atomic E-state index is 5.50. The molecule has 2 aliphatic carbocycles. The molecule has 0 aromatic carbocycles. The standard InChI is InChI=1S/C18H32O/c1-13-4-8-15(9-5-13)18(2,3)16-10-6-14(7-11-16)17-12-19-17/h13-17H,4-12H2,1-3H3. The summed E-state index contributed by atoms with van der Waals surface area (Å²) in [6, 6.07) is 0. The van der Waals surface area contributed by atoms with Gasteiger partial charge in [-0.1, -0.05) is 33.6 Å². The van der Waals surface area contributed by atoms with E-state index in [2.05, 4.69) is 20.8 Å². The van der Waals surface area contributed by atoms with Crippen molar-refractivity contribution in [2.45, 2.75) is 78.2 Å². The van der Waals surface area contributed by atoms with Gasteiger partial charge in [-0.25, -0.2) is 0 Å². The van der Waals surface area contributed by atoms with E-state index >= 15 is 0 Å². The van der Waals surface area contributed by atoms with Crippen molar-refractivity contribution in [3.8, 4) is 0 Å². The van der Waals surface area contributed by atoms with Crippen molar-refractivity contribution in [3.63, 3.8) is 0 Å². The van der Waals surface area contributed by atoms with Crippen LogP contribution in [-0.2, 0) is 4.74 Å². The number of hydrogen-bond acceptors (Lipinski definition) is 1. The first-order chi connectivity index (χ1) is 9.07. The van der Waals surface area contributed by atoms with E-state index < -0.39 is 0 Å². The first kappa shape index (κ1) is 13.9. The molecule has 1 nitrogen and oxygen atoms in total. The summed E-state index contributed by atoms with van der Waals surface area (Å²) in [6.07, 6.45) is 12.4. The fourth-order valence-corrected chi connectivity index (χ4v) is 4.90. The highest BCUT2D eigenvalue weighted by atomic mass is 16.6. The predicted octanol–water partition coefficient (Wildman–Crippen LogP) is 5.04. The van der Waals surface area contributed by atoms with E-state index in [1.807, 2.05) is 0 Å². The van der Waals surface area contributed by atoms with E-state index in [0.717, 1.165) is 30.3 Å². The van der Waals surface area contributed by atoms with Crippen LogP contribution in [0.1, 0.15) is 72.1 Å². The average Bonchev–Trinajstić information content (AvgIpc) is 3.24. The maximum absolute atomic E-state index is 5.50. The van der Waals surface area contributed by atoms with Crippen molar-refractivity contribution in [2.75, 3.05) is 6.61 Å². The summed E-state index contributed by atoms with van der Waals surface area (Å²) in [5.74, 6) is 3.84. The van der Waals surface area contributed by atoms with Crippen molar-refractivity contribution < 1.29 is 4.74 Å². The molecule has 1 unspecified atom stereocenters. The molecule has 19 heavy (non-hydrogen) atoms. The van der Waals surface area contributed by atoms with Crippen molar-refractivity contribution >= 4 is 0 Å². The Morgan fingerprint density at radius 3 is 1.74 bits per heavy atom. The molecule has 0 aromatic heterocycles. The summed E-state index contributed by atoms with van der Waals surface area (Å²) in [5, 5.41) is 0. The molecule has 0 spiro atoms. The molecule has 1 saturated heterocycles. The highest BCUT2D eigenvalue weighted by Crippen LogP contribution is 2.50. The van der Waals surface area contributed by atoms with Crippen LogP contribution in [-0.4, -0.2) is 12.7 Å². The summed E-state index contributed by atoms with van der Waals surface area (Å²) < 4.78 is 5.50. The monoisotopic (exact) mass is 264 g/mol. The number of epoxide rings is 1. The third-order valence-electron chi connectivity index (χ3n) is 6.78. The second-order valence-electron chi connectivity index (χ2n) is 8.26. The van der Waals surface area contributed by atoms with E-state index in [4.69, 9.17) is 4.74 Å². The van der Waals surface area contributed by atoms with E-state index in [9.17, 15) is 0 Å². The zero-order valence-corrected chi connectivity index (χ0v) is 13.2. The molecule has 2 saturated carbocycles. The van der Waals surface area contributed by atoms with Crippen LogP contribution < -0.4 is 0 Å². The smallest absolute Gasteiger partial charge is 0.0838 e. The Morgan fingerprint density at radius 2 is 1.26 bits per heavy atom. The summed E-state index contributed by atoms with van der Waals surface area (Å²) in [7, 11) is 0. The first-order valence-electron chi connectivity index (χ1n) is 8.69. The number of ether oxygens (including phenoxy) is 1. The molecule has 3 fully saturated rings. The van der Waals surface area contributed by atoms with E-state index in [-0.39, 0.29) is 0 Å². The highest BCUT2D eigenvalue weighted by Gasteiger charge is 2.42. The van der Waals surface area contributed by atoms with Crippen LogP contribution in [0, 0.1) is 29.1 Å². The average molecular weight is 264 g/mol. The molecule has 1 atom stereocenters. The second kappa shape index (κ2) is 5.39. The first-order valence-corrected chi connectivity index (χ1v) is 8.69. The molecule has 110 valence electrons. The van der Waals surface area contributed by atoms with Gasteiger partial charge in [0.1, 0.15) is 0 Å². The van der Waals surface area contributed by atoms with Crippen molar-refractivity contribution in [1.82, 2.24) is 0 Å². The topological polar surface area (TPSA) is 12.5 Å². The van der Waals surface area contributed by atoms with Crippen LogP contribution in [0.4, 0.5) is 0 Å². The second-order valence-corrected chi connectivity index (χ2v) is 8.26. The van der Waals surface area contributed by atoms with Gasteiger partial charge < -0.3 is 4.74 Å². The van der Waals surface area contributed by atoms with Gasteiger partial charge in [0, 0.05) is 0 Å². The van der Waals surface area contributed by atoms with Gasteiger partial charge in [-0.3, -0.25) is 0 Å². The molecule has 0 radical (unpaired) electrons. The molecule has 3 rings (SSSR count). The minimum Gasteiger partial charge on any atom is -0.373 e. The highest BCUT2D eigenvalue weighted by molar-refractivity contribution is 4.92. The van der Waals surface area contributed by atoms with Gasteiger partial charge in [0.05, 0.1) is 12.7 Å². The summed E-state index contributed by atoms with van der Waals surface area (Å²) >= 11 is 0. The van der Waals surface area contributed by atoms with Gasteiger partial charge >= 0.3 is 0 Å². The molecular weight excluding hydrogens is 232 g/mol. The lowest BCUT2D eigenvalue weighted by molar-refractivity contribution is 0.0373. The van der Waals surface area contributed by atoms with Gasteiger partial charge in [0.25, 0.3) is 0 Å². The molecule has 3 aliphatic rings. The molecular formula is C18H32O. The van der Waals surface area contributed by atoms with Crippen LogP contribution in [0.25, 0.3) is 0 Å². The Morgan fingerprint density at radius 1 is 0.789 bits per heavy atom. The molecule has 1 aliphatic heterocycles. The fourth-order valence-electron chi connectivity index (χ4n) is 4.90. The van der Waals surface area contributed by atoms with Gasteiger partial charge in [-0.05, 0) is 67.6 Å². The Bertz CT molecular complexity index is 289. The van der Waals surface area contributed by atoms with Gasteiger partial charge in [-0.15, -0.1) is 0 Å². The fraction of sp³-hybridized carbons (Fsp3) is 1.00. The molecule has 0 bridgehead atoms. The predicted molar refractivity (Wildman–Crippen MR) is 80.1 cm³/mol. The van der Waals surface area contributed by atoms with Crippen molar-refractivity contribution in [3.05, 3.63) is 0 Å². The van der Waals surface area contributed by atoms with E-state index in [1.165, 1.54) is 51.4 Å². The Hall–Kier alpha value is -0.0400. The van der Waals surface area contributed by atoms with Gasteiger partial charge in [-0.2, -0.15) is 0 Å². The van der Waals surface area contributed by atoms with Crippen LogP contribution in [0.15, 0.2) is 0 Å². The van der Waals surface area contributed by atoms with Crippen molar-refractivity contribution in [2.24, 2.45) is 29.1 Å². The molecule has 0 amide bonds. The lowest BCUT2D eigenvalue weighted by Gasteiger charge is -2.46. The van der Waals surface area contributed by atoms with Crippen LogP contribution in [0.2, 0.25) is 0 Å². The largest absolute Gasteiger partial charge is 0.373 e. The number of hydrogen-bond donors (Lipinski definition) is 0. The summed E-state index contributed by atoms with van der Waals surface area (Å²) in [6.45, 7) is 8.64. The minimum atomic E-state index is 0.579. The minimum absolute atomic E-state index is 0.579. The molecule has 0 N–H and O–H groups in total. The van der Waals surface area contributed by atoms with Crippen LogP contribution in [0.5, 0.6) is 0 Å². The molecule has 0 aromatic rings. The summed E-state index contributed by atoms with van der Waals surface area (Å²) in [4.78, 5) is 0. The number of rotatable bonds is 3. The van der Waals surface area contributed by atoms with Crippen molar-refractivity contribution in [1.29, 1.82) is 0 Å². The quantitative estimate of drug-likeness (QED) is 0.650. The SMILES string of the molecule is CC1CCC(C(C)(C)C2CCC(C3CO3)CC2)CC1. The summed E-state index contributed by atoms with van der Waals surface area (Å²) in [5.41, 5.74) is 0.579. The third-order valence-corrected chi connectivity index (χ3v) is 6.78. The lowest BCUT2D eigenvalue weighted by atomic mass is 9.59. The van der Waals surface area contributed by atoms with Crippen LogP contribution >= 0.6 is 0 Å². The van der Waals surface area contributed by atoms with E-state index in [0.29, 0.717) is 11.5 Å². The Labute approximate surface area is 119 Å². The zero-order chi connectivity index (χ0) is 13.5. The van der Waals surface area contributed by atoms with Gasteiger partial charge in [0.2, 0.25) is 0 Å². The Balaban J connectivity index is 1.54.